The molecule has 0 aliphatic carbocycles. The third-order valence-corrected chi connectivity index (χ3v) is 5.11. The summed E-state index contributed by atoms with van der Waals surface area (Å²) in [6.07, 6.45) is 4.00. The Kier molecular flexibility index (Phi) is 4.48. The van der Waals surface area contributed by atoms with Crippen molar-refractivity contribution >= 4 is 17.5 Å². The highest BCUT2D eigenvalue weighted by molar-refractivity contribution is 5.93. The Morgan fingerprint density at radius 2 is 1.72 bits per heavy atom. The maximum absolute atomic E-state index is 12.8. The van der Waals surface area contributed by atoms with Crippen molar-refractivity contribution in [3.8, 4) is 11.5 Å². The molecule has 1 aromatic heterocycles. The average Bonchev–Trinajstić information content (AvgIpc) is 2.79. The molecule has 7 nitrogen and oxygen atoms in total. The van der Waals surface area contributed by atoms with Gasteiger partial charge in [-0.2, -0.15) is 0 Å². The molecule has 0 radical (unpaired) electrons. The SMILES string of the molecule is O=C(c1cnc(Nc2ccc3c(c2)OCCO3)nc1)N1CCc2ccccc2C1. The van der Waals surface area contributed by atoms with Gasteiger partial charge < -0.3 is 19.7 Å². The number of fused-ring (bicyclic) bond motifs is 2. The van der Waals surface area contributed by atoms with Crippen molar-refractivity contribution in [1.82, 2.24) is 14.9 Å². The van der Waals surface area contributed by atoms with E-state index < -0.39 is 0 Å². The number of nitrogens with one attached hydrogen (secondary N) is 1. The summed E-state index contributed by atoms with van der Waals surface area (Å²) in [6, 6.07) is 13.8. The van der Waals surface area contributed by atoms with Crippen molar-refractivity contribution in [2.45, 2.75) is 13.0 Å². The van der Waals surface area contributed by atoms with Gasteiger partial charge in [-0.25, -0.2) is 9.97 Å². The molecule has 2 aliphatic rings. The van der Waals surface area contributed by atoms with Crippen LogP contribution in [0, 0.1) is 0 Å². The Labute approximate surface area is 168 Å². The molecule has 0 saturated carbocycles. The highest BCUT2D eigenvalue weighted by atomic mass is 16.6. The molecule has 2 aliphatic heterocycles. The monoisotopic (exact) mass is 388 g/mol. The normalized spacial score (nSPS) is 14.8. The summed E-state index contributed by atoms with van der Waals surface area (Å²) < 4.78 is 11.1. The van der Waals surface area contributed by atoms with E-state index in [9.17, 15) is 4.79 Å². The first-order valence-electron chi connectivity index (χ1n) is 9.61. The molecule has 5 rings (SSSR count). The van der Waals surface area contributed by atoms with Crippen LogP contribution in [0.25, 0.3) is 0 Å². The van der Waals surface area contributed by atoms with Gasteiger partial charge in [-0.3, -0.25) is 4.79 Å². The van der Waals surface area contributed by atoms with Gasteiger partial charge in [-0.05, 0) is 29.7 Å². The minimum atomic E-state index is -0.0506. The van der Waals surface area contributed by atoms with Crippen LogP contribution in [0.4, 0.5) is 11.6 Å². The third-order valence-electron chi connectivity index (χ3n) is 5.11. The van der Waals surface area contributed by atoms with Crippen molar-refractivity contribution in [2.24, 2.45) is 0 Å². The van der Waals surface area contributed by atoms with Crippen LogP contribution in [-0.4, -0.2) is 40.5 Å². The highest BCUT2D eigenvalue weighted by Gasteiger charge is 2.22. The number of nitrogens with zero attached hydrogens (tertiary/aromatic N) is 3. The van der Waals surface area contributed by atoms with Crippen LogP contribution in [0.3, 0.4) is 0 Å². The van der Waals surface area contributed by atoms with Gasteiger partial charge in [-0.15, -0.1) is 0 Å². The number of rotatable bonds is 3. The summed E-state index contributed by atoms with van der Waals surface area (Å²) >= 11 is 0. The lowest BCUT2D eigenvalue weighted by Gasteiger charge is -2.28. The molecule has 0 atom stereocenters. The number of ether oxygens (including phenoxy) is 2. The summed E-state index contributed by atoms with van der Waals surface area (Å²) in [5.41, 5.74) is 3.79. The molecule has 0 bridgehead atoms. The Morgan fingerprint density at radius 1 is 0.966 bits per heavy atom. The topological polar surface area (TPSA) is 76.6 Å². The fraction of sp³-hybridized carbons (Fsp3) is 0.227. The summed E-state index contributed by atoms with van der Waals surface area (Å²) in [7, 11) is 0. The van der Waals surface area contributed by atoms with Crippen molar-refractivity contribution < 1.29 is 14.3 Å². The number of amides is 1. The maximum Gasteiger partial charge on any atom is 0.257 e. The van der Waals surface area contributed by atoms with Gasteiger partial charge >= 0.3 is 0 Å². The first-order valence-corrected chi connectivity index (χ1v) is 9.61. The zero-order valence-electron chi connectivity index (χ0n) is 15.8. The predicted octanol–water partition coefficient (Wildman–Crippen LogP) is 3.19. The predicted molar refractivity (Wildman–Crippen MR) is 108 cm³/mol. The number of hydrogen-bond acceptors (Lipinski definition) is 6. The number of benzene rings is 2. The summed E-state index contributed by atoms with van der Waals surface area (Å²) in [6.45, 7) is 2.41. The Morgan fingerprint density at radius 3 is 2.55 bits per heavy atom. The van der Waals surface area contributed by atoms with E-state index in [1.807, 2.05) is 35.2 Å². The molecule has 3 heterocycles. The minimum Gasteiger partial charge on any atom is -0.486 e. The Balaban J connectivity index is 1.27. The van der Waals surface area contributed by atoms with Crippen molar-refractivity contribution in [1.29, 1.82) is 0 Å². The van der Waals surface area contributed by atoms with Crippen molar-refractivity contribution in [3.05, 3.63) is 71.5 Å². The van der Waals surface area contributed by atoms with Crippen LogP contribution in [0.5, 0.6) is 11.5 Å². The molecule has 2 aromatic carbocycles. The smallest absolute Gasteiger partial charge is 0.257 e. The minimum absolute atomic E-state index is 0.0506. The standard InChI is InChI=1S/C22H20N4O3/c27-21(26-8-7-15-3-1-2-4-16(15)14-26)17-12-23-22(24-13-17)25-18-5-6-19-20(11-18)29-10-9-28-19/h1-6,11-13H,7-10,14H2,(H,23,24,25). The van der Waals surface area contributed by atoms with Gasteiger partial charge in [0.1, 0.15) is 13.2 Å². The van der Waals surface area contributed by atoms with E-state index in [-0.39, 0.29) is 5.91 Å². The molecule has 0 spiro atoms. The van der Waals surface area contributed by atoms with Gasteiger partial charge in [0, 0.05) is 37.2 Å². The van der Waals surface area contributed by atoms with Gasteiger partial charge in [0.25, 0.3) is 5.91 Å². The van der Waals surface area contributed by atoms with E-state index in [0.29, 0.717) is 43.6 Å². The van der Waals surface area contributed by atoms with Gasteiger partial charge in [0.15, 0.2) is 11.5 Å². The second-order valence-electron chi connectivity index (χ2n) is 7.02. The van der Waals surface area contributed by atoms with Crippen LogP contribution < -0.4 is 14.8 Å². The van der Waals surface area contributed by atoms with E-state index in [2.05, 4.69) is 27.4 Å². The lowest BCUT2D eigenvalue weighted by Crippen LogP contribution is -2.36. The molecule has 3 aromatic rings. The van der Waals surface area contributed by atoms with Gasteiger partial charge in [0.05, 0.1) is 5.56 Å². The first kappa shape index (κ1) is 17.5. The molecule has 0 fully saturated rings. The fourth-order valence-electron chi connectivity index (χ4n) is 3.60. The zero-order valence-corrected chi connectivity index (χ0v) is 15.8. The molecular weight excluding hydrogens is 368 g/mol. The van der Waals surface area contributed by atoms with Crippen LogP contribution in [-0.2, 0) is 13.0 Å². The van der Waals surface area contributed by atoms with Gasteiger partial charge in [0.2, 0.25) is 5.95 Å². The third kappa shape index (κ3) is 3.59. The maximum atomic E-state index is 12.8. The fourth-order valence-corrected chi connectivity index (χ4v) is 3.60. The molecule has 1 N–H and O–H groups in total. The molecular formula is C22H20N4O3. The second kappa shape index (κ2) is 7.43. The van der Waals surface area contributed by atoms with E-state index in [1.165, 1.54) is 11.1 Å². The number of aromatic nitrogens is 2. The van der Waals surface area contributed by atoms with Gasteiger partial charge in [-0.1, -0.05) is 24.3 Å². The van der Waals surface area contributed by atoms with E-state index >= 15 is 0 Å². The molecule has 0 saturated heterocycles. The largest absolute Gasteiger partial charge is 0.486 e. The molecule has 146 valence electrons. The lowest BCUT2D eigenvalue weighted by atomic mass is 9.99. The van der Waals surface area contributed by atoms with E-state index in [1.54, 1.807) is 12.4 Å². The molecule has 7 heteroatoms. The van der Waals surface area contributed by atoms with E-state index in [0.717, 1.165) is 17.9 Å². The number of anilines is 2. The second-order valence-corrected chi connectivity index (χ2v) is 7.02. The number of carbonyl (C=O) groups is 1. The number of hydrogen-bond donors (Lipinski definition) is 1. The van der Waals surface area contributed by atoms with Crippen LogP contribution in [0.2, 0.25) is 0 Å². The van der Waals surface area contributed by atoms with Crippen LogP contribution >= 0.6 is 0 Å². The highest BCUT2D eigenvalue weighted by Crippen LogP contribution is 2.33. The first-order chi connectivity index (χ1) is 14.3. The number of carbonyl (C=O) groups excluding carboxylic acids is 1. The summed E-state index contributed by atoms with van der Waals surface area (Å²) in [5.74, 6) is 1.79. The van der Waals surface area contributed by atoms with Crippen LogP contribution in [0.15, 0.2) is 54.9 Å². The summed E-state index contributed by atoms with van der Waals surface area (Å²) in [5, 5.41) is 3.13. The molecule has 29 heavy (non-hydrogen) atoms. The van der Waals surface area contributed by atoms with E-state index in [4.69, 9.17) is 9.47 Å². The summed E-state index contributed by atoms with van der Waals surface area (Å²) in [4.78, 5) is 23.3. The molecule has 1 amide bonds. The van der Waals surface area contributed by atoms with Crippen LogP contribution in [0.1, 0.15) is 21.5 Å². The lowest BCUT2D eigenvalue weighted by molar-refractivity contribution is 0.0734. The zero-order chi connectivity index (χ0) is 19.6. The molecule has 0 unspecified atom stereocenters. The Bertz CT molecular complexity index is 1050. The average molecular weight is 388 g/mol. The Hall–Kier alpha value is -3.61. The van der Waals surface area contributed by atoms with Crippen molar-refractivity contribution in [2.75, 3.05) is 25.1 Å². The quantitative estimate of drug-likeness (QED) is 0.743. The van der Waals surface area contributed by atoms with Crippen molar-refractivity contribution in [3.63, 3.8) is 0 Å².